The number of nitrogens with zero attached hydrogens (tertiary/aromatic N) is 1. The van der Waals surface area contributed by atoms with Gasteiger partial charge in [-0.1, -0.05) is 31.2 Å². The van der Waals surface area contributed by atoms with Crippen molar-refractivity contribution < 1.29 is 14.6 Å². The van der Waals surface area contributed by atoms with Gasteiger partial charge >= 0.3 is 0 Å². The van der Waals surface area contributed by atoms with Crippen LogP contribution in [0.15, 0.2) is 36.4 Å². The Bertz CT molecular complexity index is 1070. The second-order valence-corrected chi connectivity index (χ2v) is 7.94. The largest absolute Gasteiger partial charge is 0.495 e. The lowest BCUT2D eigenvalue weighted by Gasteiger charge is -2.29. The Balaban J connectivity index is 1.51. The third-order valence-corrected chi connectivity index (χ3v) is 5.93. The van der Waals surface area contributed by atoms with Crippen molar-refractivity contribution in [1.82, 2.24) is 9.88 Å². The van der Waals surface area contributed by atoms with Gasteiger partial charge in [-0.3, -0.25) is 9.69 Å². The molecule has 2 aromatic carbocycles. The summed E-state index contributed by atoms with van der Waals surface area (Å²) in [6, 6.07) is 11.9. The third kappa shape index (κ3) is 3.93. The quantitative estimate of drug-likeness (QED) is 0.579. The van der Waals surface area contributed by atoms with E-state index in [0.29, 0.717) is 24.4 Å². The summed E-state index contributed by atoms with van der Waals surface area (Å²) >= 11 is 0. The molecule has 0 spiro atoms. The van der Waals surface area contributed by atoms with E-state index in [9.17, 15) is 9.90 Å². The van der Waals surface area contributed by atoms with E-state index in [4.69, 9.17) is 4.74 Å². The highest BCUT2D eigenvalue weighted by atomic mass is 16.5. The standard InChI is InChI=1S/C24H29N3O3/c1-4-23(29)25-20-12-16(8-9-22(20)30-3)21(28)14-27-11-10-19-18(13-27)17-7-5-6-15(2)24(17)26-19/h5-9,12,21,26,28H,4,10-11,13-14H2,1-3H3,(H,25,29)/t21-/m0/s1. The number of β-amino-alcohol motifs (C(OH)–C–C–N with tert-alkyl or cyclic N) is 1. The lowest BCUT2D eigenvalue weighted by molar-refractivity contribution is -0.115. The number of aryl methyl sites for hydroxylation is 1. The Morgan fingerprint density at radius 1 is 1.33 bits per heavy atom. The highest BCUT2D eigenvalue weighted by Gasteiger charge is 2.23. The number of amides is 1. The van der Waals surface area contributed by atoms with Crippen molar-refractivity contribution in [3.05, 3.63) is 58.8 Å². The van der Waals surface area contributed by atoms with Crippen molar-refractivity contribution in [3.8, 4) is 5.75 Å². The number of rotatable bonds is 6. The number of hydrogen-bond donors (Lipinski definition) is 3. The number of aromatic amines is 1. The summed E-state index contributed by atoms with van der Waals surface area (Å²) in [6.45, 7) is 6.17. The number of fused-ring (bicyclic) bond motifs is 3. The molecule has 0 fully saturated rings. The first-order valence-corrected chi connectivity index (χ1v) is 10.5. The number of carbonyl (C=O) groups excluding carboxylic acids is 1. The highest BCUT2D eigenvalue weighted by molar-refractivity contribution is 5.92. The van der Waals surface area contributed by atoms with Gasteiger partial charge in [0, 0.05) is 49.1 Å². The smallest absolute Gasteiger partial charge is 0.224 e. The number of nitrogens with one attached hydrogen (secondary N) is 2. The number of aromatic nitrogens is 1. The van der Waals surface area contributed by atoms with Crippen LogP contribution in [-0.4, -0.2) is 41.1 Å². The Morgan fingerprint density at radius 2 is 2.17 bits per heavy atom. The Hall–Kier alpha value is -2.83. The normalized spacial score (nSPS) is 15.1. The van der Waals surface area contributed by atoms with Crippen LogP contribution in [0, 0.1) is 6.92 Å². The molecule has 6 heteroatoms. The summed E-state index contributed by atoms with van der Waals surface area (Å²) in [7, 11) is 1.57. The Morgan fingerprint density at radius 3 is 2.93 bits per heavy atom. The summed E-state index contributed by atoms with van der Waals surface area (Å²) in [4.78, 5) is 17.7. The van der Waals surface area contributed by atoms with Crippen molar-refractivity contribution in [2.45, 2.75) is 39.3 Å². The monoisotopic (exact) mass is 407 g/mol. The fourth-order valence-corrected chi connectivity index (χ4v) is 4.22. The van der Waals surface area contributed by atoms with Crippen LogP contribution in [-0.2, 0) is 17.8 Å². The molecular weight excluding hydrogens is 378 g/mol. The molecule has 2 heterocycles. The summed E-state index contributed by atoms with van der Waals surface area (Å²) in [6.07, 6.45) is 0.675. The topological polar surface area (TPSA) is 77.6 Å². The average molecular weight is 408 g/mol. The van der Waals surface area contributed by atoms with Crippen LogP contribution >= 0.6 is 0 Å². The number of hydrogen-bond acceptors (Lipinski definition) is 4. The number of methoxy groups -OCH3 is 1. The minimum atomic E-state index is -0.651. The summed E-state index contributed by atoms with van der Waals surface area (Å²) in [5, 5.41) is 15.0. The van der Waals surface area contributed by atoms with Gasteiger partial charge in [0.2, 0.25) is 5.91 Å². The summed E-state index contributed by atoms with van der Waals surface area (Å²) < 4.78 is 5.35. The lowest BCUT2D eigenvalue weighted by atomic mass is 10.0. The number of benzene rings is 2. The maximum absolute atomic E-state index is 11.8. The lowest BCUT2D eigenvalue weighted by Crippen LogP contribution is -2.33. The zero-order chi connectivity index (χ0) is 21.3. The van der Waals surface area contributed by atoms with Gasteiger partial charge in [0.1, 0.15) is 5.75 Å². The zero-order valence-electron chi connectivity index (χ0n) is 17.8. The van der Waals surface area contributed by atoms with Gasteiger partial charge in [-0.2, -0.15) is 0 Å². The number of para-hydroxylation sites is 1. The number of H-pyrrole nitrogens is 1. The van der Waals surface area contributed by atoms with E-state index in [2.05, 4.69) is 40.3 Å². The van der Waals surface area contributed by atoms with E-state index < -0.39 is 6.10 Å². The molecular formula is C24H29N3O3. The first kappa shape index (κ1) is 20.4. The van der Waals surface area contributed by atoms with Gasteiger partial charge in [0.25, 0.3) is 0 Å². The van der Waals surface area contributed by atoms with Gasteiger partial charge < -0.3 is 20.1 Å². The first-order valence-electron chi connectivity index (χ1n) is 10.5. The van der Waals surface area contributed by atoms with Gasteiger partial charge in [0.05, 0.1) is 18.9 Å². The fourth-order valence-electron chi connectivity index (χ4n) is 4.22. The molecule has 0 unspecified atom stereocenters. The van der Waals surface area contributed by atoms with Crippen LogP contribution in [0.2, 0.25) is 0 Å². The van der Waals surface area contributed by atoms with Crippen LogP contribution in [0.5, 0.6) is 5.75 Å². The maximum Gasteiger partial charge on any atom is 0.224 e. The predicted molar refractivity (Wildman–Crippen MR) is 119 cm³/mol. The maximum atomic E-state index is 11.8. The van der Waals surface area contributed by atoms with E-state index in [0.717, 1.165) is 25.1 Å². The summed E-state index contributed by atoms with van der Waals surface area (Å²) in [5.74, 6) is 0.502. The molecule has 1 aromatic heterocycles. The minimum absolute atomic E-state index is 0.0851. The highest BCUT2D eigenvalue weighted by Crippen LogP contribution is 2.32. The second kappa shape index (κ2) is 8.50. The number of anilines is 1. The Kier molecular flexibility index (Phi) is 5.79. The molecule has 30 heavy (non-hydrogen) atoms. The van der Waals surface area contributed by atoms with E-state index in [1.54, 1.807) is 20.1 Å². The average Bonchev–Trinajstić information content (AvgIpc) is 3.13. The molecule has 3 N–H and O–H groups in total. The number of aliphatic hydroxyl groups is 1. The number of aliphatic hydroxyl groups excluding tert-OH is 1. The van der Waals surface area contributed by atoms with Crippen molar-refractivity contribution in [3.63, 3.8) is 0 Å². The zero-order valence-corrected chi connectivity index (χ0v) is 17.8. The molecule has 1 aliphatic rings. The SMILES string of the molecule is CCC(=O)Nc1cc([C@@H](O)CN2CCc3[nH]c4c(C)cccc4c3C2)ccc1OC. The van der Waals surface area contributed by atoms with Crippen LogP contribution in [0.4, 0.5) is 5.69 Å². The van der Waals surface area contributed by atoms with E-state index >= 15 is 0 Å². The van der Waals surface area contributed by atoms with Crippen LogP contribution < -0.4 is 10.1 Å². The van der Waals surface area contributed by atoms with Crippen LogP contribution in [0.25, 0.3) is 10.9 Å². The van der Waals surface area contributed by atoms with Crippen molar-refractivity contribution in [1.29, 1.82) is 0 Å². The second-order valence-electron chi connectivity index (χ2n) is 7.94. The molecule has 158 valence electrons. The van der Waals surface area contributed by atoms with E-state index in [1.165, 1.54) is 27.7 Å². The Labute approximate surface area is 176 Å². The molecule has 6 nitrogen and oxygen atoms in total. The molecule has 4 rings (SSSR count). The fraction of sp³-hybridized carbons (Fsp3) is 0.375. The summed E-state index contributed by atoms with van der Waals surface area (Å²) in [5.41, 5.74) is 6.47. The number of ether oxygens (including phenoxy) is 1. The molecule has 1 aliphatic heterocycles. The number of carbonyl (C=O) groups is 1. The molecule has 0 aliphatic carbocycles. The van der Waals surface area contributed by atoms with E-state index in [-0.39, 0.29) is 5.91 Å². The minimum Gasteiger partial charge on any atom is -0.495 e. The van der Waals surface area contributed by atoms with Crippen molar-refractivity contribution in [2.75, 3.05) is 25.5 Å². The molecule has 0 saturated heterocycles. The van der Waals surface area contributed by atoms with Crippen molar-refractivity contribution >= 4 is 22.5 Å². The van der Waals surface area contributed by atoms with Gasteiger partial charge in [-0.15, -0.1) is 0 Å². The van der Waals surface area contributed by atoms with Gasteiger partial charge in [0.15, 0.2) is 0 Å². The van der Waals surface area contributed by atoms with Crippen LogP contribution in [0.3, 0.4) is 0 Å². The molecule has 0 bridgehead atoms. The first-order chi connectivity index (χ1) is 14.5. The molecule has 3 aromatic rings. The molecule has 1 amide bonds. The predicted octanol–water partition coefficient (Wildman–Crippen LogP) is 3.93. The van der Waals surface area contributed by atoms with Gasteiger partial charge in [-0.25, -0.2) is 0 Å². The molecule has 0 radical (unpaired) electrons. The van der Waals surface area contributed by atoms with Crippen molar-refractivity contribution in [2.24, 2.45) is 0 Å². The van der Waals surface area contributed by atoms with Crippen LogP contribution in [0.1, 0.15) is 41.8 Å². The molecule has 0 saturated carbocycles. The van der Waals surface area contributed by atoms with Gasteiger partial charge in [-0.05, 0) is 35.7 Å². The van der Waals surface area contributed by atoms with E-state index in [1.807, 2.05) is 12.1 Å². The molecule has 1 atom stereocenters. The third-order valence-electron chi connectivity index (χ3n) is 5.93.